The summed E-state index contributed by atoms with van der Waals surface area (Å²) in [4.78, 5) is 24.9. The zero-order chi connectivity index (χ0) is 21.6. The lowest BCUT2D eigenvalue weighted by Gasteiger charge is -2.43. The smallest absolute Gasteiger partial charge is 0.331 e. The number of benzene rings is 1. The summed E-state index contributed by atoms with van der Waals surface area (Å²) in [5.74, 6) is -1.33. The molecular formula is C18H20FN5O5S. The number of rotatable bonds is 3. The highest BCUT2D eigenvalue weighted by atomic mass is 32.2. The summed E-state index contributed by atoms with van der Waals surface area (Å²) >= 11 is 0. The van der Waals surface area contributed by atoms with Gasteiger partial charge in [0.2, 0.25) is 15.9 Å². The Morgan fingerprint density at radius 1 is 1.47 bits per heavy atom. The summed E-state index contributed by atoms with van der Waals surface area (Å²) in [7, 11) is -4.07. The van der Waals surface area contributed by atoms with E-state index in [0.717, 1.165) is 6.07 Å². The van der Waals surface area contributed by atoms with Crippen molar-refractivity contribution < 1.29 is 27.1 Å². The van der Waals surface area contributed by atoms with Crippen LogP contribution in [-0.2, 0) is 14.8 Å². The molecular weight excluding hydrogens is 417 g/mol. The van der Waals surface area contributed by atoms with Crippen molar-refractivity contribution >= 4 is 22.0 Å². The SMILES string of the molecule is CC1NCCC2NC(=O)N(CC(=O)N[C@@H]3COc4cc(C#N)cc(F)c43)S(=O)(=O)C12. The predicted molar refractivity (Wildman–Crippen MR) is 101 cm³/mol. The van der Waals surface area contributed by atoms with Gasteiger partial charge in [0.1, 0.15) is 30.0 Å². The van der Waals surface area contributed by atoms with Gasteiger partial charge < -0.3 is 20.7 Å². The van der Waals surface area contributed by atoms with E-state index < -0.39 is 57.7 Å². The van der Waals surface area contributed by atoms with Crippen LogP contribution in [0.1, 0.15) is 30.5 Å². The van der Waals surface area contributed by atoms with Crippen LogP contribution in [0.25, 0.3) is 0 Å². The van der Waals surface area contributed by atoms with E-state index in [1.807, 2.05) is 6.07 Å². The molecule has 3 unspecified atom stereocenters. The molecule has 0 radical (unpaired) electrons. The first kappa shape index (κ1) is 20.4. The maximum Gasteiger partial charge on any atom is 0.331 e. The van der Waals surface area contributed by atoms with Gasteiger partial charge in [-0.2, -0.15) is 5.26 Å². The number of nitrogens with zero attached hydrogens (tertiary/aromatic N) is 2. The molecule has 3 amide bonds. The quantitative estimate of drug-likeness (QED) is 0.591. The van der Waals surface area contributed by atoms with Gasteiger partial charge in [-0.15, -0.1) is 0 Å². The molecule has 2 fully saturated rings. The monoisotopic (exact) mass is 437 g/mol. The molecule has 3 aliphatic rings. The molecule has 160 valence electrons. The summed E-state index contributed by atoms with van der Waals surface area (Å²) < 4.78 is 46.2. The minimum absolute atomic E-state index is 0.0719. The van der Waals surface area contributed by atoms with Crippen molar-refractivity contribution in [1.29, 1.82) is 5.26 Å². The number of nitriles is 1. The van der Waals surface area contributed by atoms with Gasteiger partial charge in [-0.3, -0.25) is 4.79 Å². The van der Waals surface area contributed by atoms with E-state index in [1.165, 1.54) is 6.07 Å². The van der Waals surface area contributed by atoms with Gasteiger partial charge in [0.05, 0.1) is 29.3 Å². The van der Waals surface area contributed by atoms with Crippen LogP contribution in [0.15, 0.2) is 12.1 Å². The Morgan fingerprint density at radius 3 is 2.97 bits per heavy atom. The number of piperidine rings is 1. The van der Waals surface area contributed by atoms with Crippen LogP contribution in [0.5, 0.6) is 5.75 Å². The first-order valence-electron chi connectivity index (χ1n) is 9.43. The Morgan fingerprint density at radius 2 is 2.23 bits per heavy atom. The molecule has 1 aromatic rings. The van der Waals surface area contributed by atoms with E-state index >= 15 is 0 Å². The van der Waals surface area contributed by atoms with Crippen LogP contribution in [0.4, 0.5) is 9.18 Å². The van der Waals surface area contributed by atoms with Crippen molar-refractivity contribution in [2.45, 2.75) is 36.7 Å². The second kappa shape index (κ2) is 7.41. The largest absolute Gasteiger partial charge is 0.491 e. The van der Waals surface area contributed by atoms with Crippen molar-refractivity contribution in [3.8, 4) is 11.8 Å². The second-order valence-corrected chi connectivity index (χ2v) is 9.53. The molecule has 3 aliphatic heterocycles. The second-order valence-electron chi connectivity index (χ2n) is 7.52. The van der Waals surface area contributed by atoms with Crippen molar-refractivity contribution in [3.63, 3.8) is 0 Å². The molecule has 12 heteroatoms. The van der Waals surface area contributed by atoms with E-state index in [4.69, 9.17) is 10.00 Å². The fourth-order valence-electron chi connectivity index (χ4n) is 4.23. The van der Waals surface area contributed by atoms with Gasteiger partial charge in [0.15, 0.2) is 0 Å². The normalized spacial score (nSPS) is 29.1. The number of hydrogen-bond acceptors (Lipinski definition) is 7. The standard InChI is InChI=1S/C18H20FN5O5S/c1-9-17-12(2-3-21-9)23-18(26)24(30(17,27)28)7-15(25)22-13-8-29-14-5-10(6-20)4-11(19)16(13)14/h4-5,9,12-13,17,21H,2-3,7-8H2,1H3,(H,22,25)(H,23,26)/t9?,12?,13-,17?/m1/s1. The number of urea groups is 1. The molecule has 30 heavy (non-hydrogen) atoms. The highest BCUT2D eigenvalue weighted by Gasteiger charge is 2.50. The van der Waals surface area contributed by atoms with Crippen LogP contribution in [-0.4, -0.2) is 61.7 Å². The molecule has 3 N–H and O–H groups in total. The first-order chi connectivity index (χ1) is 14.2. The molecule has 0 spiro atoms. The van der Waals surface area contributed by atoms with E-state index in [9.17, 15) is 22.4 Å². The molecule has 0 bridgehead atoms. The molecule has 0 aromatic heterocycles. The zero-order valence-corrected chi connectivity index (χ0v) is 16.8. The van der Waals surface area contributed by atoms with Gasteiger partial charge in [-0.1, -0.05) is 0 Å². The molecule has 4 rings (SSSR count). The van der Waals surface area contributed by atoms with E-state index in [1.54, 1.807) is 6.92 Å². The summed E-state index contributed by atoms with van der Waals surface area (Å²) in [5, 5.41) is 16.3. The minimum Gasteiger partial charge on any atom is -0.491 e. The number of fused-ring (bicyclic) bond motifs is 2. The van der Waals surface area contributed by atoms with Crippen molar-refractivity contribution in [1.82, 2.24) is 20.3 Å². The molecule has 10 nitrogen and oxygen atoms in total. The van der Waals surface area contributed by atoms with E-state index in [2.05, 4.69) is 16.0 Å². The Hall–Kier alpha value is -2.91. The lowest BCUT2D eigenvalue weighted by molar-refractivity contribution is -0.121. The number of nitrogens with one attached hydrogen (secondary N) is 3. The van der Waals surface area contributed by atoms with Crippen LogP contribution < -0.4 is 20.7 Å². The lowest BCUT2D eigenvalue weighted by atomic mass is 10.00. The Balaban J connectivity index is 1.50. The summed E-state index contributed by atoms with van der Waals surface area (Å²) in [6, 6.07) is 1.59. The average Bonchev–Trinajstić information content (AvgIpc) is 3.07. The highest BCUT2D eigenvalue weighted by Crippen LogP contribution is 2.35. The van der Waals surface area contributed by atoms with Crippen LogP contribution in [0.3, 0.4) is 0 Å². The fourth-order valence-corrected chi connectivity index (χ4v) is 6.33. The molecule has 0 aliphatic carbocycles. The van der Waals surface area contributed by atoms with Crippen LogP contribution >= 0.6 is 0 Å². The van der Waals surface area contributed by atoms with Gasteiger partial charge >= 0.3 is 6.03 Å². The van der Waals surface area contributed by atoms with Crippen molar-refractivity contribution in [2.75, 3.05) is 19.7 Å². The third-order valence-corrected chi connectivity index (χ3v) is 7.93. The third kappa shape index (κ3) is 3.33. The Labute approximate surface area is 172 Å². The topological polar surface area (TPSA) is 141 Å². The van der Waals surface area contributed by atoms with E-state index in [-0.39, 0.29) is 23.5 Å². The molecule has 0 saturated carbocycles. The number of carbonyl (C=O) groups is 2. The minimum atomic E-state index is -4.07. The van der Waals surface area contributed by atoms with E-state index in [0.29, 0.717) is 17.3 Å². The number of halogens is 1. The number of sulfonamides is 1. The number of amides is 3. The van der Waals surface area contributed by atoms with Gasteiger partial charge in [-0.05, 0) is 32.0 Å². The zero-order valence-electron chi connectivity index (χ0n) is 16.0. The number of ether oxygens (including phenoxy) is 1. The van der Waals surface area contributed by atoms with Crippen LogP contribution in [0.2, 0.25) is 0 Å². The molecule has 4 atom stereocenters. The number of carbonyl (C=O) groups excluding carboxylic acids is 2. The van der Waals surface area contributed by atoms with Gasteiger partial charge in [0.25, 0.3) is 0 Å². The lowest BCUT2D eigenvalue weighted by Crippen LogP contribution is -2.70. The summed E-state index contributed by atoms with van der Waals surface area (Å²) in [6.07, 6.45) is 0.472. The predicted octanol–water partition coefficient (Wildman–Crippen LogP) is -0.279. The molecule has 1 aromatic carbocycles. The Kier molecular flexibility index (Phi) is 5.03. The molecule has 3 heterocycles. The first-order valence-corrected chi connectivity index (χ1v) is 10.9. The maximum atomic E-state index is 14.4. The van der Waals surface area contributed by atoms with Crippen molar-refractivity contribution in [2.24, 2.45) is 0 Å². The summed E-state index contributed by atoms with van der Waals surface area (Å²) in [5.41, 5.74) is 0.164. The third-order valence-electron chi connectivity index (χ3n) is 5.59. The Bertz CT molecular complexity index is 1060. The van der Waals surface area contributed by atoms with Crippen molar-refractivity contribution in [3.05, 3.63) is 29.1 Å². The number of hydrogen-bond donors (Lipinski definition) is 3. The van der Waals surface area contributed by atoms with Crippen LogP contribution in [0, 0.1) is 17.1 Å². The van der Waals surface area contributed by atoms with Gasteiger partial charge in [0, 0.05) is 6.04 Å². The summed E-state index contributed by atoms with van der Waals surface area (Å²) in [6.45, 7) is 1.50. The highest BCUT2D eigenvalue weighted by molar-refractivity contribution is 7.90. The van der Waals surface area contributed by atoms with Gasteiger partial charge in [-0.25, -0.2) is 21.9 Å². The average molecular weight is 437 g/mol. The maximum absolute atomic E-state index is 14.4. The fraction of sp³-hybridized carbons (Fsp3) is 0.500. The molecule has 2 saturated heterocycles.